The highest BCUT2D eigenvalue weighted by molar-refractivity contribution is 8.00. The van der Waals surface area contributed by atoms with Gasteiger partial charge in [0, 0.05) is 11.3 Å². The Kier molecular flexibility index (Phi) is 3.66. The van der Waals surface area contributed by atoms with Crippen LogP contribution >= 0.6 is 11.8 Å². The van der Waals surface area contributed by atoms with E-state index in [1.54, 1.807) is 48.5 Å². The highest BCUT2D eigenvalue weighted by atomic mass is 32.2. The maximum Gasteiger partial charge on any atom is 0.247 e. The van der Waals surface area contributed by atoms with Gasteiger partial charge in [0.2, 0.25) is 11.8 Å². The van der Waals surface area contributed by atoms with E-state index in [0.29, 0.717) is 5.69 Å². The summed E-state index contributed by atoms with van der Waals surface area (Å²) in [5.74, 6) is -0.189. The Morgan fingerprint density at radius 2 is 1.67 bits per heavy atom. The minimum atomic E-state index is -0.415. The second-order valence-corrected chi connectivity index (χ2v) is 5.98. The number of phenols is 1. The van der Waals surface area contributed by atoms with E-state index in [0.717, 1.165) is 4.90 Å². The summed E-state index contributed by atoms with van der Waals surface area (Å²) in [6.07, 6.45) is 0.194. The summed E-state index contributed by atoms with van der Waals surface area (Å²) < 4.78 is 0. The van der Waals surface area contributed by atoms with Crippen molar-refractivity contribution in [3.8, 4) is 5.75 Å². The molecule has 4 nitrogen and oxygen atoms in total. The van der Waals surface area contributed by atoms with Crippen LogP contribution in [0, 0.1) is 0 Å². The Labute approximate surface area is 126 Å². The number of anilines is 1. The van der Waals surface area contributed by atoms with E-state index in [2.05, 4.69) is 0 Å². The van der Waals surface area contributed by atoms with Crippen LogP contribution in [0.3, 0.4) is 0 Å². The van der Waals surface area contributed by atoms with Crippen LogP contribution in [0.5, 0.6) is 5.75 Å². The molecule has 2 amide bonds. The van der Waals surface area contributed by atoms with Gasteiger partial charge in [-0.1, -0.05) is 18.2 Å². The van der Waals surface area contributed by atoms with E-state index >= 15 is 0 Å². The van der Waals surface area contributed by atoms with Gasteiger partial charge in [0.1, 0.15) is 5.75 Å². The first kappa shape index (κ1) is 13.7. The smallest absolute Gasteiger partial charge is 0.247 e. The summed E-state index contributed by atoms with van der Waals surface area (Å²) in [5.41, 5.74) is 0.612. The standard InChI is InChI=1S/C16H13NO3S/c18-12-6-8-13(9-7-12)21-14-10-15(19)17(16(14)20)11-4-2-1-3-5-11/h1-9,14,18H,10H2. The minimum absolute atomic E-state index is 0.178. The van der Waals surface area contributed by atoms with Gasteiger partial charge in [0.15, 0.2) is 0 Å². The monoisotopic (exact) mass is 299 g/mol. The van der Waals surface area contributed by atoms with Crippen LogP contribution < -0.4 is 4.90 Å². The van der Waals surface area contributed by atoms with E-state index in [-0.39, 0.29) is 24.0 Å². The number of thioether (sulfide) groups is 1. The van der Waals surface area contributed by atoms with Crippen molar-refractivity contribution >= 4 is 29.3 Å². The Balaban J connectivity index is 1.79. The van der Waals surface area contributed by atoms with Crippen molar-refractivity contribution in [2.24, 2.45) is 0 Å². The number of imide groups is 1. The third-order valence-corrected chi connectivity index (χ3v) is 4.43. The van der Waals surface area contributed by atoms with Gasteiger partial charge >= 0.3 is 0 Å². The van der Waals surface area contributed by atoms with Gasteiger partial charge in [0.25, 0.3) is 0 Å². The number of hydrogen-bond acceptors (Lipinski definition) is 4. The van der Waals surface area contributed by atoms with Crippen LogP contribution in [-0.2, 0) is 9.59 Å². The van der Waals surface area contributed by atoms with Crippen LogP contribution in [-0.4, -0.2) is 22.2 Å². The highest BCUT2D eigenvalue weighted by Crippen LogP contribution is 2.34. The number of carbonyl (C=O) groups excluding carboxylic acids is 2. The van der Waals surface area contributed by atoms with E-state index in [9.17, 15) is 14.7 Å². The van der Waals surface area contributed by atoms with Crippen LogP contribution in [0.2, 0.25) is 0 Å². The van der Waals surface area contributed by atoms with Gasteiger partial charge in [-0.15, -0.1) is 11.8 Å². The summed E-state index contributed by atoms with van der Waals surface area (Å²) in [6.45, 7) is 0. The van der Waals surface area contributed by atoms with Crippen molar-refractivity contribution in [2.75, 3.05) is 4.90 Å². The van der Waals surface area contributed by atoms with Crippen molar-refractivity contribution in [1.82, 2.24) is 0 Å². The van der Waals surface area contributed by atoms with Gasteiger partial charge in [0.05, 0.1) is 10.9 Å². The van der Waals surface area contributed by atoms with Crippen molar-refractivity contribution in [3.05, 3.63) is 54.6 Å². The lowest BCUT2D eigenvalue weighted by molar-refractivity contribution is -0.121. The molecule has 21 heavy (non-hydrogen) atoms. The minimum Gasteiger partial charge on any atom is -0.508 e. The topological polar surface area (TPSA) is 57.6 Å². The van der Waals surface area contributed by atoms with E-state index in [4.69, 9.17) is 0 Å². The van der Waals surface area contributed by atoms with Crippen LogP contribution in [0.25, 0.3) is 0 Å². The molecular weight excluding hydrogens is 286 g/mol. The van der Waals surface area contributed by atoms with E-state index in [1.165, 1.54) is 16.7 Å². The average Bonchev–Trinajstić information content (AvgIpc) is 2.77. The lowest BCUT2D eigenvalue weighted by Gasteiger charge is -2.14. The van der Waals surface area contributed by atoms with Crippen molar-refractivity contribution in [2.45, 2.75) is 16.6 Å². The number of hydrogen-bond donors (Lipinski definition) is 1. The molecule has 0 aliphatic carbocycles. The molecule has 1 aliphatic heterocycles. The number of amides is 2. The number of benzene rings is 2. The first-order valence-electron chi connectivity index (χ1n) is 6.53. The third kappa shape index (κ3) is 2.78. The maximum atomic E-state index is 12.4. The van der Waals surface area contributed by atoms with Gasteiger partial charge in [-0.2, -0.15) is 0 Å². The molecule has 0 spiro atoms. The average molecular weight is 299 g/mol. The molecule has 1 N–H and O–H groups in total. The number of aromatic hydroxyl groups is 1. The molecule has 1 unspecified atom stereocenters. The second kappa shape index (κ2) is 5.61. The Morgan fingerprint density at radius 1 is 1.00 bits per heavy atom. The first-order valence-corrected chi connectivity index (χ1v) is 7.40. The molecule has 0 saturated carbocycles. The summed E-state index contributed by atoms with van der Waals surface area (Å²) >= 11 is 1.35. The molecule has 1 saturated heterocycles. The Bertz CT molecular complexity index is 670. The molecule has 2 aromatic carbocycles. The first-order chi connectivity index (χ1) is 10.1. The fourth-order valence-corrected chi connectivity index (χ4v) is 3.29. The molecule has 1 heterocycles. The highest BCUT2D eigenvalue weighted by Gasteiger charge is 2.39. The molecule has 1 fully saturated rings. The fourth-order valence-electron chi connectivity index (χ4n) is 2.23. The predicted octanol–water partition coefficient (Wildman–Crippen LogP) is 2.82. The van der Waals surface area contributed by atoms with Gasteiger partial charge in [-0.05, 0) is 36.4 Å². The molecular formula is C16H13NO3S. The molecule has 106 valence electrons. The van der Waals surface area contributed by atoms with Crippen molar-refractivity contribution in [3.63, 3.8) is 0 Å². The molecule has 5 heteroatoms. The van der Waals surface area contributed by atoms with E-state index < -0.39 is 5.25 Å². The van der Waals surface area contributed by atoms with Gasteiger partial charge in [-0.25, -0.2) is 4.90 Å². The largest absolute Gasteiger partial charge is 0.508 e. The molecule has 1 aliphatic rings. The third-order valence-electron chi connectivity index (χ3n) is 3.23. The quantitative estimate of drug-likeness (QED) is 0.885. The molecule has 0 bridgehead atoms. The van der Waals surface area contributed by atoms with E-state index in [1.807, 2.05) is 6.07 Å². The summed E-state index contributed by atoms with van der Waals surface area (Å²) in [4.78, 5) is 26.6. The van der Waals surface area contributed by atoms with Gasteiger partial charge < -0.3 is 5.11 Å². The Hall–Kier alpha value is -2.27. The number of para-hydroxylation sites is 1. The van der Waals surface area contributed by atoms with Crippen LogP contribution in [0.1, 0.15) is 6.42 Å². The number of phenolic OH excluding ortho intramolecular Hbond substituents is 1. The lowest BCUT2D eigenvalue weighted by atomic mass is 10.3. The molecule has 3 rings (SSSR count). The number of nitrogens with zero attached hydrogens (tertiary/aromatic N) is 1. The number of rotatable bonds is 3. The summed E-state index contributed by atoms with van der Waals surface area (Å²) in [6, 6.07) is 15.6. The van der Waals surface area contributed by atoms with Crippen LogP contribution in [0.4, 0.5) is 5.69 Å². The van der Waals surface area contributed by atoms with Crippen molar-refractivity contribution in [1.29, 1.82) is 0 Å². The maximum absolute atomic E-state index is 12.4. The van der Waals surface area contributed by atoms with Gasteiger partial charge in [-0.3, -0.25) is 9.59 Å². The molecule has 1 atom stereocenters. The zero-order chi connectivity index (χ0) is 14.8. The van der Waals surface area contributed by atoms with Crippen molar-refractivity contribution < 1.29 is 14.7 Å². The fraction of sp³-hybridized carbons (Fsp3) is 0.125. The summed E-state index contributed by atoms with van der Waals surface area (Å²) in [7, 11) is 0. The second-order valence-electron chi connectivity index (χ2n) is 4.71. The predicted molar refractivity (Wildman–Crippen MR) is 81.3 cm³/mol. The normalized spacial score (nSPS) is 18.3. The Morgan fingerprint density at radius 3 is 2.33 bits per heavy atom. The molecule has 2 aromatic rings. The lowest BCUT2D eigenvalue weighted by Crippen LogP contribution is -2.30. The summed E-state index contributed by atoms with van der Waals surface area (Å²) in [5, 5.41) is 8.85. The van der Waals surface area contributed by atoms with Crippen LogP contribution in [0.15, 0.2) is 59.5 Å². The SMILES string of the molecule is O=C1CC(Sc2ccc(O)cc2)C(=O)N1c1ccccc1. The zero-order valence-corrected chi connectivity index (χ0v) is 11.9. The number of carbonyl (C=O) groups is 2. The molecule has 0 radical (unpaired) electrons. The molecule has 0 aromatic heterocycles. The zero-order valence-electron chi connectivity index (χ0n) is 11.1.